The molecule has 0 saturated heterocycles. The smallest absolute Gasteiger partial charge is 0.0426 e. The first-order chi connectivity index (χ1) is 36.3. The van der Waals surface area contributed by atoms with Crippen molar-refractivity contribution in [1.29, 1.82) is 5.41 Å². The third-order valence-electron chi connectivity index (χ3n) is 15.8. The Balaban J connectivity index is 0.812. The van der Waals surface area contributed by atoms with Crippen LogP contribution >= 0.6 is 0 Å². The highest BCUT2D eigenvalue weighted by molar-refractivity contribution is 6.00. The molecule has 0 fully saturated rings. The lowest BCUT2D eigenvalue weighted by Crippen LogP contribution is -2.22. The van der Waals surface area contributed by atoms with Gasteiger partial charge in [-0.3, -0.25) is 0 Å². The van der Waals surface area contributed by atoms with Gasteiger partial charge in [0.15, 0.2) is 0 Å². The molecule has 1 nitrogen and oxygen atoms in total. The Labute approximate surface area is 439 Å². The zero-order chi connectivity index (χ0) is 50.4. The van der Waals surface area contributed by atoms with E-state index in [2.05, 4.69) is 270 Å². The topological polar surface area (TPSA) is 23.9 Å². The average molecular weight is 954 g/mol. The van der Waals surface area contributed by atoms with Crippen molar-refractivity contribution in [2.75, 3.05) is 0 Å². The van der Waals surface area contributed by atoms with Gasteiger partial charge in [-0.05, 0) is 119 Å². The maximum Gasteiger partial charge on any atom is 0.0426 e. The molecule has 3 atom stereocenters. The van der Waals surface area contributed by atoms with Crippen LogP contribution in [-0.4, -0.2) is 5.71 Å². The van der Waals surface area contributed by atoms with Crippen molar-refractivity contribution in [1.82, 2.24) is 0 Å². The van der Waals surface area contributed by atoms with E-state index in [0.717, 1.165) is 30.4 Å². The van der Waals surface area contributed by atoms with Gasteiger partial charge >= 0.3 is 0 Å². The summed E-state index contributed by atoms with van der Waals surface area (Å²) in [6, 6.07) is 93.0. The number of aryl methyl sites for hydroxylation is 1. The molecule has 0 heterocycles. The minimum Gasteiger partial charge on any atom is -0.304 e. The fourth-order valence-corrected chi connectivity index (χ4v) is 11.5. The van der Waals surface area contributed by atoms with Gasteiger partial charge in [0.25, 0.3) is 0 Å². The van der Waals surface area contributed by atoms with Crippen LogP contribution in [0.3, 0.4) is 0 Å². The second-order valence-electron chi connectivity index (χ2n) is 20.6. The molecule has 1 heteroatoms. The van der Waals surface area contributed by atoms with Crippen LogP contribution in [0.15, 0.2) is 261 Å². The first-order valence-electron chi connectivity index (χ1n) is 26.5. The highest BCUT2D eigenvalue weighted by Gasteiger charge is 2.36. The van der Waals surface area contributed by atoms with Crippen LogP contribution in [0.2, 0.25) is 0 Å². The van der Waals surface area contributed by atoms with Crippen LogP contribution < -0.4 is 0 Å². The minimum absolute atomic E-state index is 0.0154. The van der Waals surface area contributed by atoms with Crippen molar-refractivity contribution in [3.8, 4) is 55.6 Å². The minimum atomic E-state index is -0.0948. The molecule has 0 aliphatic heterocycles. The number of benzene rings is 10. The third kappa shape index (κ3) is 10.0. The summed E-state index contributed by atoms with van der Waals surface area (Å²) in [7, 11) is 0. The van der Waals surface area contributed by atoms with Crippen LogP contribution in [0, 0.1) is 11.3 Å². The van der Waals surface area contributed by atoms with E-state index in [9.17, 15) is 5.41 Å². The Morgan fingerprint density at radius 3 is 1.38 bits per heavy atom. The molecule has 0 radical (unpaired) electrons. The number of hydrogen-bond acceptors (Lipinski definition) is 1. The standard InChI is InChI=1S/C73H63N/c1-4-65(72(74)63-20-12-7-13-21-63)67(64-46-49-69-68-22-14-15-23-70(68)73(2,3)71(69)50-64)48-29-52-26-32-56(33-27-52)55-30-24-51(25-31-55)28-47-66(61-42-38-58(39-43-61)54-18-10-6-11-19-54)62-44-40-60(41-45-62)59-36-34-57(35-37-59)53-16-8-5-9-17-53/h5-27,29-46,48-50,65-67,74H,4,28,47H2,1-3H3. The van der Waals surface area contributed by atoms with E-state index in [0.29, 0.717) is 5.71 Å². The van der Waals surface area contributed by atoms with Crippen LogP contribution in [0.4, 0.5) is 0 Å². The second-order valence-corrected chi connectivity index (χ2v) is 20.6. The van der Waals surface area contributed by atoms with E-state index in [1.807, 2.05) is 18.2 Å². The Morgan fingerprint density at radius 2 is 0.851 bits per heavy atom. The molecule has 11 rings (SSSR count). The van der Waals surface area contributed by atoms with Gasteiger partial charge in [0.05, 0.1) is 0 Å². The molecular weight excluding hydrogens is 891 g/mol. The Morgan fingerprint density at radius 1 is 0.432 bits per heavy atom. The highest BCUT2D eigenvalue weighted by atomic mass is 14.5. The first kappa shape index (κ1) is 47.9. The zero-order valence-electron chi connectivity index (χ0n) is 42.8. The molecule has 0 bridgehead atoms. The lowest BCUT2D eigenvalue weighted by molar-refractivity contribution is 0.594. The number of hydrogen-bond donors (Lipinski definition) is 1. The van der Waals surface area contributed by atoms with Gasteiger partial charge in [-0.15, -0.1) is 0 Å². The zero-order valence-corrected chi connectivity index (χ0v) is 42.8. The summed E-state index contributed by atoms with van der Waals surface area (Å²) >= 11 is 0. The van der Waals surface area contributed by atoms with Gasteiger partial charge in [0.2, 0.25) is 0 Å². The predicted octanol–water partition coefficient (Wildman–Crippen LogP) is 19.3. The molecule has 0 aromatic heterocycles. The maximum absolute atomic E-state index is 9.51. The molecule has 3 unspecified atom stereocenters. The Hall–Kier alpha value is -8.39. The van der Waals surface area contributed by atoms with Crippen LogP contribution in [0.1, 0.15) is 90.0 Å². The summed E-state index contributed by atoms with van der Waals surface area (Å²) in [5, 5.41) is 9.51. The fourth-order valence-electron chi connectivity index (χ4n) is 11.5. The van der Waals surface area contributed by atoms with E-state index in [4.69, 9.17) is 0 Å². The monoisotopic (exact) mass is 953 g/mol. The van der Waals surface area contributed by atoms with Crippen molar-refractivity contribution in [3.63, 3.8) is 0 Å². The van der Waals surface area contributed by atoms with E-state index in [1.165, 1.54) is 89.0 Å². The lowest BCUT2D eigenvalue weighted by atomic mass is 9.76. The summed E-state index contributed by atoms with van der Waals surface area (Å²) in [6.07, 6.45) is 7.45. The summed E-state index contributed by atoms with van der Waals surface area (Å²) in [5.41, 5.74) is 23.2. The van der Waals surface area contributed by atoms with E-state index >= 15 is 0 Å². The average Bonchev–Trinajstić information content (AvgIpc) is 3.71. The highest BCUT2D eigenvalue weighted by Crippen LogP contribution is 2.50. The maximum atomic E-state index is 9.51. The van der Waals surface area contributed by atoms with Gasteiger partial charge in [-0.25, -0.2) is 0 Å². The predicted molar refractivity (Wildman–Crippen MR) is 314 cm³/mol. The normalized spacial score (nSPS) is 13.7. The summed E-state index contributed by atoms with van der Waals surface area (Å²) in [4.78, 5) is 0. The summed E-state index contributed by atoms with van der Waals surface area (Å²) in [6.45, 7) is 6.92. The molecule has 10 aromatic carbocycles. The number of allylic oxidation sites excluding steroid dienone is 1. The molecule has 360 valence electrons. The number of nitrogens with one attached hydrogen (secondary N) is 1. The molecule has 1 aliphatic carbocycles. The molecule has 0 amide bonds. The largest absolute Gasteiger partial charge is 0.304 e. The first-order valence-corrected chi connectivity index (χ1v) is 26.5. The van der Waals surface area contributed by atoms with E-state index < -0.39 is 0 Å². The number of fused-ring (bicyclic) bond motifs is 3. The third-order valence-corrected chi connectivity index (χ3v) is 15.8. The summed E-state index contributed by atoms with van der Waals surface area (Å²) in [5.74, 6) is 0.292. The molecule has 74 heavy (non-hydrogen) atoms. The van der Waals surface area contributed by atoms with E-state index in [1.54, 1.807) is 0 Å². The van der Waals surface area contributed by atoms with Crippen LogP contribution in [0.25, 0.3) is 61.7 Å². The molecule has 0 saturated carbocycles. The van der Waals surface area contributed by atoms with Gasteiger partial charge in [0, 0.05) is 28.9 Å². The molecule has 1 aliphatic rings. The van der Waals surface area contributed by atoms with Crippen molar-refractivity contribution in [3.05, 3.63) is 305 Å². The lowest BCUT2D eigenvalue weighted by Gasteiger charge is -2.28. The molecule has 1 N–H and O–H groups in total. The van der Waals surface area contributed by atoms with Gasteiger partial charge in [-0.1, -0.05) is 288 Å². The van der Waals surface area contributed by atoms with Crippen molar-refractivity contribution < 1.29 is 0 Å². The Bertz CT molecular complexity index is 3510. The van der Waals surface area contributed by atoms with Crippen molar-refractivity contribution in [2.24, 2.45) is 5.92 Å². The van der Waals surface area contributed by atoms with Gasteiger partial charge in [-0.2, -0.15) is 0 Å². The quantitative estimate of drug-likeness (QED) is 0.0934. The van der Waals surface area contributed by atoms with Crippen LogP contribution in [-0.2, 0) is 11.8 Å². The fraction of sp³-hybridized carbons (Fsp3) is 0.137. The van der Waals surface area contributed by atoms with Crippen LogP contribution in [0.5, 0.6) is 0 Å². The van der Waals surface area contributed by atoms with Crippen molar-refractivity contribution >= 4 is 11.8 Å². The summed E-state index contributed by atoms with van der Waals surface area (Å²) < 4.78 is 0. The SMILES string of the molecule is CCC(C(=N)c1ccccc1)C(C=Cc1ccc(-c2ccc(CCC(c3ccc(-c4ccccc4)cc3)c3ccc(-c4ccc(-c5ccccc5)cc4)cc3)cc2)cc1)c1ccc2c(c1)C(C)(C)c1ccccc1-2. The van der Waals surface area contributed by atoms with E-state index in [-0.39, 0.29) is 23.2 Å². The molecule has 10 aromatic rings. The van der Waals surface area contributed by atoms with Gasteiger partial charge < -0.3 is 5.41 Å². The molecule has 0 spiro atoms. The number of rotatable bonds is 16. The molecular formula is C73H63N. The Kier molecular flexibility index (Phi) is 13.8. The second kappa shape index (κ2) is 21.4. The van der Waals surface area contributed by atoms with Gasteiger partial charge in [0.1, 0.15) is 0 Å². The van der Waals surface area contributed by atoms with Crippen molar-refractivity contribution in [2.45, 2.75) is 57.3 Å².